The Bertz CT molecular complexity index is 1430. The third kappa shape index (κ3) is 8.66. The van der Waals surface area contributed by atoms with Gasteiger partial charge < -0.3 is 25.2 Å². The monoisotopic (exact) mass is 606 g/mol. The van der Waals surface area contributed by atoms with Crippen LogP contribution < -0.4 is 20.7 Å². The van der Waals surface area contributed by atoms with E-state index in [1.54, 1.807) is 11.0 Å². The number of nitrogens with zero attached hydrogens (tertiary/aromatic N) is 5. The lowest BCUT2D eigenvalue weighted by atomic mass is 10.0. The molecule has 11 nitrogen and oxygen atoms in total. The molecule has 3 N–H and O–H groups in total. The Morgan fingerprint density at radius 2 is 1.72 bits per heavy atom. The number of thiocarbonyl (C=S) groups is 1. The number of hydrogen-bond donors (Lipinski definition) is 3. The van der Waals surface area contributed by atoms with Crippen LogP contribution in [0.15, 0.2) is 60.9 Å². The van der Waals surface area contributed by atoms with Gasteiger partial charge in [0.15, 0.2) is 16.7 Å². The van der Waals surface area contributed by atoms with Crippen LogP contribution in [0.25, 0.3) is 0 Å². The van der Waals surface area contributed by atoms with Crippen LogP contribution in [0.4, 0.5) is 20.7 Å². The van der Waals surface area contributed by atoms with Crippen LogP contribution in [-0.4, -0.2) is 94.1 Å². The number of likely N-dealkylation sites (tertiary alicyclic amines) is 1. The van der Waals surface area contributed by atoms with E-state index in [0.717, 1.165) is 44.6 Å². The topological polar surface area (TPSA) is 115 Å². The lowest BCUT2D eigenvalue weighted by molar-refractivity contribution is -0.119. The number of carbonyl (C=O) groups excluding carboxylic acids is 2. The first-order chi connectivity index (χ1) is 20.8. The van der Waals surface area contributed by atoms with Crippen LogP contribution in [0.3, 0.4) is 0 Å². The smallest absolute Gasteiger partial charge is 0.323 e. The van der Waals surface area contributed by atoms with Crippen molar-refractivity contribution in [2.24, 2.45) is 0 Å². The predicted molar refractivity (Wildman–Crippen MR) is 166 cm³/mol. The van der Waals surface area contributed by atoms with Crippen LogP contribution in [0.2, 0.25) is 0 Å². The van der Waals surface area contributed by atoms with E-state index in [2.05, 4.69) is 42.8 Å². The van der Waals surface area contributed by atoms with Crippen LogP contribution in [0.5, 0.6) is 11.6 Å². The number of ether oxygens (including phenoxy) is 1. The van der Waals surface area contributed by atoms with Crippen molar-refractivity contribution in [1.29, 1.82) is 0 Å². The molecule has 0 bridgehead atoms. The second-order valence-corrected chi connectivity index (χ2v) is 11.0. The summed E-state index contributed by atoms with van der Waals surface area (Å²) in [4.78, 5) is 39.9. The van der Waals surface area contributed by atoms with Gasteiger partial charge in [0.2, 0.25) is 11.8 Å². The van der Waals surface area contributed by atoms with Gasteiger partial charge in [-0.3, -0.25) is 15.0 Å². The number of nitrogens with one attached hydrogen (secondary N) is 3. The number of urea groups is 1. The van der Waals surface area contributed by atoms with E-state index in [-0.39, 0.29) is 40.9 Å². The third-order valence-electron chi connectivity index (χ3n) is 7.55. The molecule has 43 heavy (non-hydrogen) atoms. The van der Waals surface area contributed by atoms with Gasteiger partial charge in [-0.2, -0.15) is 0 Å². The van der Waals surface area contributed by atoms with Crippen molar-refractivity contribution in [1.82, 2.24) is 30.0 Å². The molecule has 2 aliphatic rings. The van der Waals surface area contributed by atoms with Crippen LogP contribution in [-0.2, 0) is 11.2 Å². The summed E-state index contributed by atoms with van der Waals surface area (Å²) in [6.07, 6.45) is 3.73. The molecule has 0 saturated carbocycles. The number of piperidine rings is 1. The van der Waals surface area contributed by atoms with E-state index in [4.69, 9.17) is 17.0 Å². The Hall–Kier alpha value is -4.20. The number of hydrogen-bond acceptors (Lipinski definition) is 8. The van der Waals surface area contributed by atoms with E-state index in [9.17, 15) is 14.0 Å². The summed E-state index contributed by atoms with van der Waals surface area (Å²) in [7, 11) is 2.15. The number of carbonyl (C=O) groups is 2. The van der Waals surface area contributed by atoms with E-state index in [1.165, 1.54) is 24.5 Å². The Kier molecular flexibility index (Phi) is 10.1. The van der Waals surface area contributed by atoms with Crippen molar-refractivity contribution in [3.05, 3.63) is 72.3 Å². The highest BCUT2D eigenvalue weighted by atomic mass is 32.1. The highest BCUT2D eigenvalue weighted by Gasteiger charge is 2.28. The quantitative estimate of drug-likeness (QED) is 0.347. The number of aromatic nitrogens is 2. The minimum Gasteiger partial charge on any atom is -0.436 e. The molecule has 3 amide bonds. The summed E-state index contributed by atoms with van der Waals surface area (Å²) in [5.41, 5.74) is 1.19. The Labute approximate surface area is 255 Å². The van der Waals surface area contributed by atoms with Crippen LogP contribution >= 0.6 is 12.2 Å². The molecule has 2 aliphatic heterocycles. The lowest BCUT2D eigenvalue weighted by Crippen LogP contribution is -2.54. The highest BCUT2D eigenvalue weighted by Crippen LogP contribution is 2.26. The molecule has 3 heterocycles. The van der Waals surface area contributed by atoms with Gasteiger partial charge in [0, 0.05) is 50.0 Å². The average Bonchev–Trinajstić information content (AvgIpc) is 2.99. The van der Waals surface area contributed by atoms with Crippen molar-refractivity contribution < 1.29 is 18.7 Å². The van der Waals surface area contributed by atoms with Crippen molar-refractivity contribution in [2.75, 3.05) is 56.9 Å². The van der Waals surface area contributed by atoms with E-state index >= 15 is 0 Å². The maximum Gasteiger partial charge on any atom is 0.323 e. The Balaban J connectivity index is 1.09. The molecule has 2 fully saturated rings. The summed E-state index contributed by atoms with van der Waals surface area (Å²) in [5, 5.41) is 8.22. The second kappa shape index (κ2) is 14.3. The SMILES string of the molecule is CN1CCC(N2CCN(C(=O)Nc3cc(Oc4ccc(NC(=S)NC(=O)Cc5ccccc5)cc4F)ncn3)CC2)CC1. The molecule has 0 aliphatic carbocycles. The van der Waals surface area contributed by atoms with Gasteiger partial charge in [-0.1, -0.05) is 30.3 Å². The zero-order valence-corrected chi connectivity index (χ0v) is 24.8. The van der Waals surface area contributed by atoms with Crippen LogP contribution in [0, 0.1) is 5.82 Å². The lowest BCUT2D eigenvalue weighted by Gasteiger charge is -2.42. The van der Waals surface area contributed by atoms with Crippen LogP contribution in [0.1, 0.15) is 18.4 Å². The minimum atomic E-state index is -0.671. The number of amides is 3. The first-order valence-corrected chi connectivity index (χ1v) is 14.7. The maximum atomic E-state index is 14.9. The van der Waals surface area contributed by atoms with Crippen molar-refractivity contribution in [3.8, 4) is 11.6 Å². The van der Waals surface area contributed by atoms with Gasteiger partial charge in [0.1, 0.15) is 12.1 Å². The molecule has 0 unspecified atom stereocenters. The highest BCUT2D eigenvalue weighted by molar-refractivity contribution is 7.80. The minimum absolute atomic E-state index is 0.0495. The fourth-order valence-electron chi connectivity index (χ4n) is 5.19. The molecule has 0 spiro atoms. The van der Waals surface area contributed by atoms with E-state index in [0.29, 0.717) is 24.8 Å². The summed E-state index contributed by atoms with van der Waals surface area (Å²) < 4.78 is 20.5. The molecule has 2 saturated heterocycles. The van der Waals surface area contributed by atoms with Crippen molar-refractivity contribution in [3.63, 3.8) is 0 Å². The molecule has 1 aromatic heterocycles. The molecule has 0 atom stereocenters. The molecule has 2 aromatic carbocycles. The zero-order chi connectivity index (χ0) is 30.2. The van der Waals surface area contributed by atoms with E-state index in [1.807, 2.05) is 30.3 Å². The summed E-state index contributed by atoms with van der Waals surface area (Å²) in [6.45, 7) is 5.18. The molecule has 0 radical (unpaired) electrons. The number of rotatable bonds is 7. The second-order valence-electron chi connectivity index (χ2n) is 10.6. The Morgan fingerprint density at radius 1 is 0.977 bits per heavy atom. The van der Waals surface area contributed by atoms with Gasteiger partial charge in [-0.25, -0.2) is 19.2 Å². The normalized spacial score (nSPS) is 16.4. The molecule has 5 rings (SSSR count). The summed E-state index contributed by atoms with van der Waals surface area (Å²) in [6, 6.07) is 15.2. The summed E-state index contributed by atoms with van der Waals surface area (Å²) in [5.74, 6) is -0.713. The van der Waals surface area contributed by atoms with Gasteiger partial charge in [-0.15, -0.1) is 0 Å². The molecule has 13 heteroatoms. The molecule has 3 aromatic rings. The average molecular weight is 607 g/mol. The van der Waals surface area contributed by atoms with Gasteiger partial charge in [0.25, 0.3) is 0 Å². The van der Waals surface area contributed by atoms with Crippen molar-refractivity contribution in [2.45, 2.75) is 25.3 Å². The Morgan fingerprint density at radius 3 is 2.44 bits per heavy atom. The van der Waals surface area contributed by atoms with E-state index < -0.39 is 5.82 Å². The zero-order valence-electron chi connectivity index (χ0n) is 24.0. The van der Waals surface area contributed by atoms with Gasteiger partial charge >= 0.3 is 6.03 Å². The first kappa shape index (κ1) is 30.3. The van der Waals surface area contributed by atoms with Gasteiger partial charge in [0.05, 0.1) is 6.42 Å². The number of piperazine rings is 1. The predicted octanol–water partition coefficient (Wildman–Crippen LogP) is 3.71. The molecular weight excluding hydrogens is 571 g/mol. The first-order valence-electron chi connectivity index (χ1n) is 14.2. The largest absolute Gasteiger partial charge is 0.436 e. The summed E-state index contributed by atoms with van der Waals surface area (Å²) >= 11 is 5.19. The molecule has 226 valence electrons. The maximum absolute atomic E-state index is 14.9. The van der Waals surface area contributed by atoms with Crippen molar-refractivity contribution >= 4 is 40.8 Å². The standard InChI is InChI=1S/C30H35FN8O3S/c1-37-11-9-23(10-12-37)38-13-15-39(16-14-38)30(41)35-26-19-28(33-20-32-26)42-25-8-7-22(18-24(25)31)34-29(43)36-27(40)17-21-5-3-2-4-6-21/h2-8,18-20,23H,9-17H2,1H3,(H,32,33,35,41)(H2,34,36,40,43). The third-order valence-corrected chi connectivity index (χ3v) is 7.75. The number of benzene rings is 2. The molecular formula is C30H35FN8O3S. The fraction of sp³-hybridized carbons (Fsp3) is 0.367. The fourth-order valence-corrected chi connectivity index (χ4v) is 5.42. The number of halogens is 1. The van der Waals surface area contributed by atoms with Gasteiger partial charge in [-0.05, 0) is 62.9 Å². The number of anilines is 2.